The molecule has 7 heteroatoms. The molecule has 0 aliphatic rings. The predicted molar refractivity (Wildman–Crippen MR) is 105 cm³/mol. The van der Waals surface area contributed by atoms with Gasteiger partial charge in [0.2, 0.25) is 0 Å². The van der Waals surface area contributed by atoms with Crippen molar-refractivity contribution in [1.29, 1.82) is 0 Å². The zero-order chi connectivity index (χ0) is 20.5. The third-order valence-electron chi connectivity index (χ3n) is 3.81. The van der Waals surface area contributed by atoms with E-state index < -0.39 is 23.8 Å². The molecule has 0 saturated carbocycles. The summed E-state index contributed by atoms with van der Waals surface area (Å²) in [6.45, 7) is 1.58. The molecule has 0 aliphatic carbocycles. The highest BCUT2D eigenvalue weighted by molar-refractivity contribution is 6.05. The SMILES string of the molecule is COc1ccc(/C=C(\NC(=O)c2ccccc2)C(=O)N[C@H](C)CC(=O)O)cc1. The Kier molecular flexibility index (Phi) is 7.33. The number of carbonyl (C=O) groups is 3. The average molecular weight is 382 g/mol. The van der Waals surface area contributed by atoms with Crippen molar-refractivity contribution in [2.24, 2.45) is 0 Å². The van der Waals surface area contributed by atoms with E-state index in [1.165, 1.54) is 6.08 Å². The molecule has 146 valence electrons. The van der Waals surface area contributed by atoms with Crippen LogP contribution in [0.1, 0.15) is 29.3 Å². The lowest BCUT2D eigenvalue weighted by Crippen LogP contribution is -2.40. The Balaban J connectivity index is 2.25. The normalized spacial score (nSPS) is 12.0. The molecule has 0 unspecified atom stereocenters. The molecule has 0 spiro atoms. The zero-order valence-corrected chi connectivity index (χ0v) is 15.6. The lowest BCUT2D eigenvalue weighted by Gasteiger charge is -2.15. The van der Waals surface area contributed by atoms with Crippen LogP contribution >= 0.6 is 0 Å². The summed E-state index contributed by atoms with van der Waals surface area (Å²) < 4.78 is 5.11. The van der Waals surface area contributed by atoms with E-state index in [4.69, 9.17) is 9.84 Å². The van der Waals surface area contributed by atoms with Crippen LogP contribution in [0.3, 0.4) is 0 Å². The van der Waals surface area contributed by atoms with Gasteiger partial charge in [0, 0.05) is 11.6 Å². The number of hydrogen-bond acceptors (Lipinski definition) is 4. The third-order valence-corrected chi connectivity index (χ3v) is 3.81. The number of aliphatic carboxylic acids is 1. The first-order valence-corrected chi connectivity index (χ1v) is 8.64. The van der Waals surface area contributed by atoms with E-state index in [0.29, 0.717) is 16.9 Å². The monoisotopic (exact) mass is 382 g/mol. The Hall–Kier alpha value is -3.61. The number of amides is 2. The molecule has 28 heavy (non-hydrogen) atoms. The molecule has 0 aliphatic heterocycles. The molecule has 0 fully saturated rings. The summed E-state index contributed by atoms with van der Waals surface area (Å²) in [7, 11) is 1.55. The fraction of sp³-hybridized carbons (Fsp3) is 0.190. The van der Waals surface area contributed by atoms with Crippen LogP contribution in [0.15, 0.2) is 60.3 Å². The van der Waals surface area contributed by atoms with Crippen molar-refractivity contribution in [3.8, 4) is 5.75 Å². The van der Waals surface area contributed by atoms with E-state index in [0.717, 1.165) is 0 Å². The molecule has 0 bridgehead atoms. The van der Waals surface area contributed by atoms with E-state index in [9.17, 15) is 14.4 Å². The summed E-state index contributed by atoms with van der Waals surface area (Å²) >= 11 is 0. The Morgan fingerprint density at radius 1 is 1.07 bits per heavy atom. The third kappa shape index (κ3) is 6.28. The largest absolute Gasteiger partial charge is 0.497 e. The molecule has 0 heterocycles. The summed E-state index contributed by atoms with van der Waals surface area (Å²) in [5.74, 6) is -1.39. The Morgan fingerprint density at radius 3 is 2.29 bits per heavy atom. The second-order valence-electron chi connectivity index (χ2n) is 6.12. The Bertz CT molecular complexity index is 860. The van der Waals surface area contributed by atoms with E-state index in [1.807, 2.05) is 0 Å². The minimum atomic E-state index is -1.03. The number of carbonyl (C=O) groups excluding carboxylic acids is 2. The highest BCUT2D eigenvalue weighted by Gasteiger charge is 2.17. The van der Waals surface area contributed by atoms with Crippen LogP contribution in [0, 0.1) is 0 Å². The fourth-order valence-corrected chi connectivity index (χ4v) is 2.42. The van der Waals surface area contributed by atoms with Crippen molar-refractivity contribution in [2.75, 3.05) is 7.11 Å². The van der Waals surface area contributed by atoms with Gasteiger partial charge in [0.05, 0.1) is 13.5 Å². The summed E-state index contributed by atoms with van der Waals surface area (Å²) in [6.07, 6.45) is 1.29. The molecular formula is C21H22N2O5. The maximum Gasteiger partial charge on any atom is 0.305 e. The summed E-state index contributed by atoms with van der Waals surface area (Å²) in [5, 5.41) is 14.1. The van der Waals surface area contributed by atoms with Crippen molar-refractivity contribution in [1.82, 2.24) is 10.6 Å². The quantitative estimate of drug-likeness (QED) is 0.608. The summed E-state index contributed by atoms with van der Waals surface area (Å²) in [6, 6.07) is 14.8. The molecule has 0 radical (unpaired) electrons. The molecule has 7 nitrogen and oxygen atoms in total. The minimum absolute atomic E-state index is 0.0104. The van der Waals surface area contributed by atoms with Crippen LogP contribution in [0.25, 0.3) is 6.08 Å². The van der Waals surface area contributed by atoms with Gasteiger partial charge in [-0.1, -0.05) is 30.3 Å². The molecule has 2 amide bonds. The van der Waals surface area contributed by atoms with Crippen LogP contribution in [-0.4, -0.2) is 36.0 Å². The second-order valence-corrected chi connectivity index (χ2v) is 6.12. The molecule has 2 rings (SSSR count). The number of hydrogen-bond donors (Lipinski definition) is 3. The highest BCUT2D eigenvalue weighted by atomic mass is 16.5. The number of rotatable bonds is 8. The van der Waals surface area contributed by atoms with Crippen LogP contribution in [-0.2, 0) is 9.59 Å². The van der Waals surface area contributed by atoms with Gasteiger partial charge in [-0.3, -0.25) is 14.4 Å². The number of carboxylic acids is 1. The van der Waals surface area contributed by atoms with Crippen molar-refractivity contribution < 1.29 is 24.2 Å². The second kappa shape index (κ2) is 9.91. The van der Waals surface area contributed by atoms with Crippen molar-refractivity contribution >= 4 is 23.9 Å². The number of benzene rings is 2. The van der Waals surface area contributed by atoms with Crippen molar-refractivity contribution in [3.63, 3.8) is 0 Å². The van der Waals surface area contributed by atoms with Crippen LogP contribution in [0.4, 0.5) is 0 Å². The van der Waals surface area contributed by atoms with E-state index in [2.05, 4.69) is 10.6 Å². The van der Waals surface area contributed by atoms with E-state index >= 15 is 0 Å². The number of carboxylic acid groups (broad SMARTS) is 1. The molecule has 1 atom stereocenters. The summed E-state index contributed by atoms with van der Waals surface area (Å²) in [5.41, 5.74) is 1.08. The van der Waals surface area contributed by atoms with Gasteiger partial charge in [-0.15, -0.1) is 0 Å². The van der Waals surface area contributed by atoms with Gasteiger partial charge in [-0.25, -0.2) is 0 Å². The molecule has 0 aromatic heterocycles. The number of ether oxygens (including phenoxy) is 1. The first kappa shape index (κ1) is 20.7. The van der Waals surface area contributed by atoms with Crippen LogP contribution in [0.2, 0.25) is 0 Å². The van der Waals surface area contributed by atoms with Gasteiger partial charge in [0.25, 0.3) is 11.8 Å². The smallest absolute Gasteiger partial charge is 0.305 e. The lowest BCUT2D eigenvalue weighted by molar-refractivity contribution is -0.137. The van der Waals surface area contributed by atoms with Gasteiger partial charge >= 0.3 is 5.97 Å². The lowest BCUT2D eigenvalue weighted by atomic mass is 10.1. The van der Waals surface area contributed by atoms with Gasteiger partial charge in [-0.2, -0.15) is 0 Å². The van der Waals surface area contributed by atoms with Gasteiger partial charge in [0.1, 0.15) is 11.4 Å². The standard InChI is InChI=1S/C21H22N2O5/c1-14(12-19(24)25)22-21(27)18(13-15-8-10-17(28-2)11-9-15)23-20(26)16-6-4-3-5-7-16/h3-11,13-14H,12H2,1-2H3,(H,22,27)(H,23,26)(H,24,25)/b18-13-/t14-/m1/s1. The first-order valence-electron chi connectivity index (χ1n) is 8.64. The molecule has 0 saturated heterocycles. The molecule has 2 aromatic carbocycles. The topological polar surface area (TPSA) is 105 Å². The Labute approximate surface area is 163 Å². The van der Waals surface area contributed by atoms with Gasteiger partial charge in [-0.05, 0) is 42.8 Å². The molecular weight excluding hydrogens is 360 g/mol. The Morgan fingerprint density at radius 2 is 1.71 bits per heavy atom. The minimum Gasteiger partial charge on any atom is -0.497 e. The van der Waals surface area contributed by atoms with Crippen LogP contribution in [0.5, 0.6) is 5.75 Å². The van der Waals surface area contributed by atoms with Crippen molar-refractivity contribution in [2.45, 2.75) is 19.4 Å². The van der Waals surface area contributed by atoms with Gasteiger partial charge < -0.3 is 20.5 Å². The molecule has 2 aromatic rings. The highest BCUT2D eigenvalue weighted by Crippen LogP contribution is 2.14. The van der Waals surface area contributed by atoms with E-state index in [1.54, 1.807) is 68.6 Å². The predicted octanol–water partition coefficient (Wildman–Crippen LogP) is 2.45. The summed E-state index contributed by atoms with van der Waals surface area (Å²) in [4.78, 5) is 35.9. The maximum absolute atomic E-state index is 12.6. The van der Waals surface area contributed by atoms with Crippen molar-refractivity contribution in [3.05, 3.63) is 71.4 Å². The van der Waals surface area contributed by atoms with Gasteiger partial charge in [0.15, 0.2) is 0 Å². The number of nitrogens with one attached hydrogen (secondary N) is 2. The first-order chi connectivity index (χ1) is 13.4. The number of methoxy groups -OCH3 is 1. The van der Waals surface area contributed by atoms with E-state index in [-0.39, 0.29) is 12.1 Å². The average Bonchev–Trinajstić information content (AvgIpc) is 2.67. The van der Waals surface area contributed by atoms with Crippen LogP contribution < -0.4 is 15.4 Å². The maximum atomic E-state index is 12.6. The fourth-order valence-electron chi connectivity index (χ4n) is 2.42. The molecule has 3 N–H and O–H groups in total. The zero-order valence-electron chi connectivity index (χ0n) is 15.6.